The van der Waals surface area contributed by atoms with Gasteiger partial charge in [0.05, 0.1) is 5.56 Å². The maximum atomic E-state index is 13.2. The maximum absolute atomic E-state index is 13.2. The predicted molar refractivity (Wildman–Crippen MR) is 137 cm³/mol. The number of cyclic esters (lactones) is 1. The van der Waals surface area contributed by atoms with Gasteiger partial charge in [0.25, 0.3) is 0 Å². The third-order valence-corrected chi connectivity index (χ3v) is 8.04. The minimum atomic E-state index is -1.55. The van der Waals surface area contributed by atoms with E-state index in [9.17, 15) is 19.2 Å². The summed E-state index contributed by atoms with van der Waals surface area (Å²) in [5.74, 6) is -3.66. The van der Waals surface area contributed by atoms with Crippen LogP contribution in [0.1, 0.15) is 69.7 Å². The Morgan fingerprint density at radius 1 is 1.06 bits per heavy atom. The summed E-state index contributed by atoms with van der Waals surface area (Å²) < 4.78 is 10.9. The zero-order valence-electron chi connectivity index (χ0n) is 21.6. The zero-order valence-corrected chi connectivity index (χ0v) is 21.6. The normalized spacial score (nSPS) is 22.4. The van der Waals surface area contributed by atoms with Crippen molar-refractivity contribution in [2.45, 2.75) is 65.2 Å². The minimum Gasteiger partial charge on any atom is -0.430 e. The molecule has 0 saturated heterocycles. The molecule has 0 spiro atoms. The Kier molecular flexibility index (Phi) is 5.39. The second-order valence-electron chi connectivity index (χ2n) is 11.5. The van der Waals surface area contributed by atoms with Crippen LogP contribution in [0.15, 0.2) is 33.2 Å². The summed E-state index contributed by atoms with van der Waals surface area (Å²) in [7, 11) is 0. The van der Waals surface area contributed by atoms with E-state index in [2.05, 4.69) is 38.7 Å². The molecule has 5 rings (SSSR count). The van der Waals surface area contributed by atoms with Gasteiger partial charge >= 0.3 is 11.6 Å². The standard InChI is InChI=1S/C29H31NO6/c1-15-13-21(32)22(27(34)35-15)20(31)8-7-17-16(2)18-14-19-24-23(25(18)36-26(17)33)29(5,6)10-12-30(24)11-9-28(19,3)4/h7-8,13-14,22H,9-12H2,1-6H3/b8-7+. The SMILES string of the molecule is CC1=CC(=O)C(C(=O)/C=C/c2c(C)c3cc4c5c(c3oc2=O)C(C)(C)CCN5CCC4(C)C)C(=O)O1. The van der Waals surface area contributed by atoms with Crippen molar-refractivity contribution >= 4 is 40.3 Å². The average Bonchev–Trinajstić information content (AvgIpc) is 2.76. The monoisotopic (exact) mass is 489 g/mol. The maximum Gasteiger partial charge on any atom is 0.343 e. The molecule has 3 aliphatic heterocycles. The number of rotatable bonds is 3. The van der Waals surface area contributed by atoms with Crippen molar-refractivity contribution in [2.75, 3.05) is 18.0 Å². The quantitative estimate of drug-likeness (QED) is 0.271. The lowest BCUT2D eigenvalue weighted by Gasteiger charge is -2.48. The van der Waals surface area contributed by atoms with Crippen molar-refractivity contribution in [3.05, 3.63) is 56.7 Å². The summed E-state index contributed by atoms with van der Waals surface area (Å²) in [6, 6.07) is 2.13. The van der Waals surface area contributed by atoms with Gasteiger partial charge in [-0.1, -0.05) is 27.7 Å². The number of nitrogens with zero attached hydrogens (tertiary/aromatic N) is 1. The Morgan fingerprint density at radius 3 is 2.39 bits per heavy atom. The summed E-state index contributed by atoms with van der Waals surface area (Å²) in [5.41, 5.74) is 4.25. The number of anilines is 1. The first-order valence-corrected chi connectivity index (χ1v) is 12.4. The van der Waals surface area contributed by atoms with Crippen LogP contribution in [0.2, 0.25) is 0 Å². The average molecular weight is 490 g/mol. The Hall–Kier alpha value is -3.48. The van der Waals surface area contributed by atoms with E-state index >= 15 is 0 Å². The van der Waals surface area contributed by atoms with Crippen LogP contribution >= 0.6 is 0 Å². The van der Waals surface area contributed by atoms with Crippen molar-refractivity contribution in [3.63, 3.8) is 0 Å². The molecule has 1 unspecified atom stereocenters. The molecule has 7 nitrogen and oxygen atoms in total. The molecule has 36 heavy (non-hydrogen) atoms. The highest BCUT2D eigenvalue weighted by Crippen LogP contribution is 2.52. The van der Waals surface area contributed by atoms with Gasteiger partial charge in [-0.15, -0.1) is 0 Å². The summed E-state index contributed by atoms with van der Waals surface area (Å²) >= 11 is 0. The molecule has 1 aromatic heterocycles. The van der Waals surface area contributed by atoms with E-state index in [4.69, 9.17) is 9.15 Å². The summed E-state index contributed by atoms with van der Waals surface area (Å²) in [6.45, 7) is 14.1. The van der Waals surface area contributed by atoms with E-state index < -0.39 is 29.1 Å². The van der Waals surface area contributed by atoms with Gasteiger partial charge in [-0.25, -0.2) is 4.79 Å². The number of fused-ring (bicyclic) bond motifs is 2. The van der Waals surface area contributed by atoms with Crippen molar-refractivity contribution in [1.29, 1.82) is 0 Å². The highest BCUT2D eigenvalue weighted by molar-refractivity contribution is 6.25. The molecule has 4 heterocycles. The molecule has 3 aliphatic rings. The van der Waals surface area contributed by atoms with Gasteiger partial charge < -0.3 is 14.1 Å². The van der Waals surface area contributed by atoms with Gasteiger partial charge in [0.1, 0.15) is 11.3 Å². The van der Waals surface area contributed by atoms with Crippen molar-refractivity contribution < 1.29 is 23.5 Å². The first-order chi connectivity index (χ1) is 16.8. The van der Waals surface area contributed by atoms with E-state index in [1.807, 2.05) is 6.92 Å². The van der Waals surface area contributed by atoms with Crippen molar-refractivity contribution in [2.24, 2.45) is 5.92 Å². The zero-order chi connectivity index (χ0) is 26.2. The molecular formula is C29H31NO6. The number of ketones is 2. The Morgan fingerprint density at radius 2 is 1.72 bits per heavy atom. The second kappa shape index (κ2) is 8.02. The fourth-order valence-corrected chi connectivity index (χ4v) is 5.74. The summed E-state index contributed by atoms with van der Waals surface area (Å²) in [6.07, 6.45) is 5.57. The third-order valence-electron chi connectivity index (χ3n) is 8.04. The van der Waals surface area contributed by atoms with Crippen LogP contribution in [0.25, 0.3) is 17.0 Å². The van der Waals surface area contributed by atoms with E-state index in [-0.39, 0.29) is 22.2 Å². The van der Waals surface area contributed by atoms with Gasteiger partial charge in [-0.3, -0.25) is 14.4 Å². The van der Waals surface area contributed by atoms with Crippen molar-refractivity contribution in [3.8, 4) is 0 Å². The van der Waals surface area contributed by atoms with E-state index in [0.717, 1.165) is 49.0 Å². The van der Waals surface area contributed by atoms with Crippen molar-refractivity contribution in [1.82, 2.24) is 0 Å². The summed E-state index contributed by atoms with van der Waals surface area (Å²) in [4.78, 5) is 52.6. The lowest BCUT2D eigenvalue weighted by atomic mass is 9.69. The number of aryl methyl sites for hydroxylation is 1. The van der Waals surface area contributed by atoms with Gasteiger partial charge in [-0.05, 0) is 66.9 Å². The van der Waals surface area contributed by atoms with Crippen LogP contribution in [-0.2, 0) is 30.0 Å². The lowest BCUT2D eigenvalue weighted by molar-refractivity contribution is -0.151. The number of hydrogen-bond donors (Lipinski definition) is 0. The Labute approximate surface area is 209 Å². The number of esters is 1. The first-order valence-electron chi connectivity index (χ1n) is 12.4. The molecule has 0 amide bonds. The number of carbonyl (C=O) groups excluding carboxylic acids is 3. The van der Waals surface area contributed by atoms with Gasteiger partial charge in [0, 0.05) is 35.8 Å². The van der Waals surface area contributed by atoms with Crippen LogP contribution in [-0.4, -0.2) is 30.6 Å². The molecule has 0 bridgehead atoms. The van der Waals surface area contributed by atoms with E-state index in [0.29, 0.717) is 11.1 Å². The molecular weight excluding hydrogens is 458 g/mol. The largest absolute Gasteiger partial charge is 0.430 e. The molecule has 0 saturated carbocycles. The fraction of sp³-hybridized carbons (Fsp3) is 0.448. The van der Waals surface area contributed by atoms with Gasteiger partial charge in [0.15, 0.2) is 17.5 Å². The molecule has 0 aliphatic carbocycles. The summed E-state index contributed by atoms with van der Waals surface area (Å²) in [5, 5.41) is 0.840. The van der Waals surface area contributed by atoms with Crippen LogP contribution in [0.5, 0.6) is 0 Å². The third kappa shape index (κ3) is 3.64. The molecule has 2 aromatic rings. The molecule has 1 aromatic carbocycles. The Bertz CT molecular complexity index is 1470. The van der Waals surface area contributed by atoms with Gasteiger partial charge in [0.2, 0.25) is 0 Å². The minimum absolute atomic E-state index is 0.0376. The van der Waals surface area contributed by atoms with Crippen LogP contribution in [0.3, 0.4) is 0 Å². The number of hydrogen-bond acceptors (Lipinski definition) is 7. The van der Waals surface area contributed by atoms with Crippen LogP contribution in [0, 0.1) is 12.8 Å². The van der Waals surface area contributed by atoms with E-state index in [1.54, 1.807) is 0 Å². The Balaban J connectivity index is 1.66. The van der Waals surface area contributed by atoms with Crippen LogP contribution in [0.4, 0.5) is 5.69 Å². The highest BCUT2D eigenvalue weighted by Gasteiger charge is 2.42. The topological polar surface area (TPSA) is 93.9 Å². The molecule has 0 N–H and O–H groups in total. The molecule has 0 fully saturated rings. The lowest BCUT2D eigenvalue weighted by Crippen LogP contribution is -2.44. The fourth-order valence-electron chi connectivity index (χ4n) is 5.74. The molecule has 7 heteroatoms. The number of ether oxygens (including phenoxy) is 1. The van der Waals surface area contributed by atoms with E-state index in [1.165, 1.54) is 24.3 Å². The highest BCUT2D eigenvalue weighted by atomic mass is 16.5. The molecule has 1 atom stereocenters. The second-order valence-corrected chi connectivity index (χ2v) is 11.5. The van der Waals surface area contributed by atoms with Gasteiger partial charge in [-0.2, -0.15) is 0 Å². The number of carbonyl (C=O) groups is 3. The number of benzene rings is 1. The molecule has 0 radical (unpaired) electrons. The number of allylic oxidation sites excluding steroid dienone is 3. The molecule has 188 valence electrons. The van der Waals surface area contributed by atoms with Crippen LogP contribution < -0.4 is 10.5 Å². The predicted octanol–water partition coefficient (Wildman–Crippen LogP) is 4.50. The first kappa shape index (κ1) is 24.2. The smallest absolute Gasteiger partial charge is 0.343 e.